The minimum atomic E-state index is -2.50. The Bertz CT molecular complexity index is 195. The topological polar surface area (TPSA) is 15.3 Å². The molecule has 0 radical (unpaired) electrons. The molecule has 70 valence electrons. The fourth-order valence-corrected chi connectivity index (χ4v) is 2.30. The van der Waals surface area contributed by atoms with Gasteiger partial charge in [0.2, 0.25) is 0 Å². The van der Waals surface area contributed by atoms with E-state index in [2.05, 4.69) is 5.32 Å². The van der Waals surface area contributed by atoms with Gasteiger partial charge in [0.25, 0.3) is 5.92 Å². The first kappa shape index (κ1) is 8.38. The molecule has 0 aromatic heterocycles. The summed E-state index contributed by atoms with van der Waals surface area (Å²) in [5.74, 6) is -2.50. The summed E-state index contributed by atoms with van der Waals surface area (Å²) in [5.41, 5.74) is -0.762. The molecule has 2 heterocycles. The zero-order chi connectivity index (χ0) is 8.82. The maximum absolute atomic E-state index is 13.4. The van der Waals surface area contributed by atoms with E-state index in [1.54, 1.807) is 0 Å². The molecule has 2 fully saturated rings. The number of halogens is 2. The van der Waals surface area contributed by atoms with E-state index in [0.717, 1.165) is 6.54 Å². The van der Waals surface area contributed by atoms with Crippen LogP contribution >= 0.6 is 0 Å². The predicted molar refractivity (Wildman–Crippen MR) is 42.4 cm³/mol. The minimum absolute atomic E-state index is 0.138. The number of hydrogen-bond donors (Lipinski definition) is 1. The Morgan fingerprint density at radius 3 is 2.50 bits per heavy atom. The highest BCUT2D eigenvalue weighted by Crippen LogP contribution is 2.46. The highest BCUT2D eigenvalue weighted by Gasteiger charge is 2.59. The van der Waals surface area contributed by atoms with Gasteiger partial charge in [0.15, 0.2) is 0 Å². The van der Waals surface area contributed by atoms with Crippen LogP contribution in [0.25, 0.3) is 0 Å². The van der Waals surface area contributed by atoms with Crippen molar-refractivity contribution in [2.75, 3.05) is 33.2 Å². The quantitative estimate of drug-likeness (QED) is 0.579. The summed E-state index contributed by atoms with van der Waals surface area (Å²) in [7, 11) is 1.91. The summed E-state index contributed by atoms with van der Waals surface area (Å²) in [4.78, 5) is 1.99. The molecule has 2 nitrogen and oxygen atoms in total. The van der Waals surface area contributed by atoms with Crippen LogP contribution in [0.2, 0.25) is 0 Å². The van der Waals surface area contributed by atoms with Gasteiger partial charge in [0.1, 0.15) is 0 Å². The van der Waals surface area contributed by atoms with Crippen LogP contribution in [0.3, 0.4) is 0 Å². The smallest absolute Gasteiger partial charge is 0.268 e. The molecule has 1 N–H and O–H groups in total. The van der Waals surface area contributed by atoms with E-state index in [-0.39, 0.29) is 6.54 Å². The van der Waals surface area contributed by atoms with Gasteiger partial charge in [-0.3, -0.25) is 0 Å². The molecule has 1 atom stereocenters. The molecule has 0 bridgehead atoms. The number of nitrogens with zero attached hydrogens (tertiary/aromatic N) is 1. The van der Waals surface area contributed by atoms with Crippen molar-refractivity contribution in [3.05, 3.63) is 0 Å². The molecule has 0 aromatic rings. The molecular weight excluding hydrogens is 162 g/mol. The van der Waals surface area contributed by atoms with E-state index in [4.69, 9.17) is 0 Å². The maximum atomic E-state index is 13.4. The molecule has 1 unspecified atom stereocenters. The molecule has 0 aliphatic carbocycles. The third kappa shape index (κ3) is 0.977. The van der Waals surface area contributed by atoms with E-state index in [0.29, 0.717) is 19.5 Å². The second-order valence-corrected chi connectivity index (χ2v) is 4.08. The summed E-state index contributed by atoms with van der Waals surface area (Å²) in [6, 6.07) is 0. The van der Waals surface area contributed by atoms with E-state index >= 15 is 0 Å². The van der Waals surface area contributed by atoms with Gasteiger partial charge in [-0.15, -0.1) is 0 Å². The van der Waals surface area contributed by atoms with Crippen molar-refractivity contribution in [1.29, 1.82) is 0 Å². The van der Waals surface area contributed by atoms with Crippen molar-refractivity contribution in [2.24, 2.45) is 5.41 Å². The first-order valence-electron chi connectivity index (χ1n) is 4.33. The third-order valence-corrected chi connectivity index (χ3v) is 3.13. The van der Waals surface area contributed by atoms with Crippen molar-refractivity contribution in [3.63, 3.8) is 0 Å². The van der Waals surface area contributed by atoms with Crippen LogP contribution in [0.1, 0.15) is 6.42 Å². The van der Waals surface area contributed by atoms with Gasteiger partial charge in [-0.2, -0.15) is 0 Å². The molecule has 1 spiro atoms. The summed E-state index contributed by atoms with van der Waals surface area (Å²) in [6.07, 6.45) is 0.628. The Morgan fingerprint density at radius 2 is 2.08 bits per heavy atom. The molecule has 2 rings (SSSR count). The fraction of sp³-hybridized carbons (Fsp3) is 1.00. The van der Waals surface area contributed by atoms with Gasteiger partial charge in [-0.1, -0.05) is 0 Å². The summed E-state index contributed by atoms with van der Waals surface area (Å²) < 4.78 is 26.8. The monoisotopic (exact) mass is 176 g/mol. The first-order valence-corrected chi connectivity index (χ1v) is 4.33. The molecular formula is C8H14F2N2. The lowest BCUT2D eigenvalue weighted by molar-refractivity contribution is -0.0765. The lowest BCUT2D eigenvalue weighted by Gasteiger charge is -2.29. The predicted octanol–water partition coefficient (Wildman–Crippen LogP) is 0.547. The summed E-state index contributed by atoms with van der Waals surface area (Å²) in [6.45, 7) is 1.68. The fourth-order valence-electron chi connectivity index (χ4n) is 2.30. The van der Waals surface area contributed by atoms with Gasteiger partial charge in [-0.25, -0.2) is 8.78 Å². The first-order chi connectivity index (χ1) is 5.56. The second-order valence-electron chi connectivity index (χ2n) is 4.08. The highest BCUT2D eigenvalue weighted by atomic mass is 19.3. The zero-order valence-electron chi connectivity index (χ0n) is 7.24. The SMILES string of the molecule is CN1CCC2(CNCC2(F)F)C1. The lowest BCUT2D eigenvalue weighted by atomic mass is 9.83. The number of alkyl halides is 2. The Hall–Kier alpha value is -0.220. The summed E-state index contributed by atoms with van der Waals surface area (Å²) in [5, 5.41) is 2.79. The zero-order valence-corrected chi connectivity index (χ0v) is 7.24. The van der Waals surface area contributed by atoms with E-state index < -0.39 is 11.3 Å². The van der Waals surface area contributed by atoms with Crippen LogP contribution in [0.4, 0.5) is 8.78 Å². The van der Waals surface area contributed by atoms with Crippen molar-refractivity contribution in [3.8, 4) is 0 Å². The average molecular weight is 176 g/mol. The van der Waals surface area contributed by atoms with Gasteiger partial charge >= 0.3 is 0 Å². The Balaban J connectivity index is 2.20. The number of hydrogen-bond acceptors (Lipinski definition) is 2. The van der Waals surface area contributed by atoms with Gasteiger partial charge < -0.3 is 10.2 Å². The maximum Gasteiger partial charge on any atom is 0.268 e. The van der Waals surface area contributed by atoms with Crippen LogP contribution in [-0.2, 0) is 0 Å². The molecule has 2 saturated heterocycles. The number of rotatable bonds is 0. The Labute approximate surface area is 70.9 Å². The van der Waals surface area contributed by atoms with E-state index in [1.165, 1.54) is 0 Å². The standard InChI is InChI=1S/C8H14F2N2/c1-12-3-2-7(6-12)4-11-5-8(7,9)10/h11H,2-6H2,1H3. The molecule has 0 aromatic carbocycles. The van der Waals surface area contributed by atoms with Crippen LogP contribution < -0.4 is 5.32 Å². The van der Waals surface area contributed by atoms with Gasteiger partial charge in [0, 0.05) is 13.1 Å². The van der Waals surface area contributed by atoms with Crippen LogP contribution in [-0.4, -0.2) is 44.0 Å². The minimum Gasteiger partial charge on any atom is -0.310 e. The van der Waals surface area contributed by atoms with Crippen LogP contribution in [0.5, 0.6) is 0 Å². The average Bonchev–Trinajstić information content (AvgIpc) is 2.43. The number of nitrogens with one attached hydrogen (secondary N) is 1. The molecule has 2 aliphatic rings. The lowest BCUT2D eigenvalue weighted by Crippen LogP contribution is -2.41. The summed E-state index contributed by atoms with van der Waals surface area (Å²) >= 11 is 0. The molecule has 0 saturated carbocycles. The van der Waals surface area contributed by atoms with E-state index in [9.17, 15) is 8.78 Å². The normalized spacial score (nSPS) is 41.2. The van der Waals surface area contributed by atoms with Gasteiger partial charge in [-0.05, 0) is 20.0 Å². The van der Waals surface area contributed by atoms with Crippen molar-refractivity contribution in [1.82, 2.24) is 10.2 Å². The van der Waals surface area contributed by atoms with Crippen LogP contribution in [0, 0.1) is 5.41 Å². The third-order valence-electron chi connectivity index (χ3n) is 3.13. The number of likely N-dealkylation sites (tertiary alicyclic amines) is 1. The van der Waals surface area contributed by atoms with Crippen molar-refractivity contribution in [2.45, 2.75) is 12.3 Å². The van der Waals surface area contributed by atoms with Crippen molar-refractivity contribution >= 4 is 0 Å². The molecule has 4 heteroatoms. The second kappa shape index (κ2) is 2.39. The Kier molecular flexibility index (Phi) is 1.67. The van der Waals surface area contributed by atoms with Crippen LogP contribution in [0.15, 0.2) is 0 Å². The molecule has 2 aliphatic heterocycles. The molecule has 0 amide bonds. The Morgan fingerprint density at radius 1 is 1.33 bits per heavy atom. The van der Waals surface area contributed by atoms with Gasteiger partial charge in [0.05, 0.1) is 12.0 Å². The largest absolute Gasteiger partial charge is 0.310 e. The highest BCUT2D eigenvalue weighted by molar-refractivity contribution is 5.05. The van der Waals surface area contributed by atoms with Crippen molar-refractivity contribution < 1.29 is 8.78 Å². The molecule has 12 heavy (non-hydrogen) atoms. The van der Waals surface area contributed by atoms with E-state index in [1.807, 2.05) is 11.9 Å².